The number of carbonyl (C=O) groups is 1. The third kappa shape index (κ3) is 7.60. The van der Waals surface area contributed by atoms with E-state index in [0.29, 0.717) is 0 Å². The van der Waals surface area contributed by atoms with Crippen LogP contribution >= 0.6 is 0 Å². The summed E-state index contributed by atoms with van der Waals surface area (Å²) in [6, 6.07) is 15.5. The number of carbonyl (C=O) groups excluding carboxylic acids is 1. The smallest absolute Gasteiger partial charge is 0.243 e. The van der Waals surface area contributed by atoms with E-state index in [-0.39, 0.29) is 12.5 Å². The topological polar surface area (TPSA) is 50.4 Å². The Balaban J connectivity index is 1.67. The monoisotopic (exact) mass is 354 g/mol. The van der Waals surface area contributed by atoms with E-state index < -0.39 is 0 Å². The van der Waals surface area contributed by atoms with Gasteiger partial charge in [0, 0.05) is 11.4 Å². The van der Waals surface area contributed by atoms with Crippen molar-refractivity contribution in [3.8, 4) is 5.75 Å². The highest BCUT2D eigenvalue weighted by Gasteiger charge is 2.03. The summed E-state index contributed by atoms with van der Waals surface area (Å²) in [5.74, 6) is 0.804. The predicted molar refractivity (Wildman–Crippen MR) is 109 cm³/mol. The molecule has 2 aromatic rings. The van der Waals surface area contributed by atoms with Gasteiger partial charge in [0.1, 0.15) is 5.75 Å². The van der Waals surface area contributed by atoms with E-state index >= 15 is 0 Å². The van der Waals surface area contributed by atoms with Crippen LogP contribution in [-0.4, -0.2) is 19.1 Å². The molecule has 26 heavy (non-hydrogen) atoms. The fraction of sp³-hybridized carbons (Fsp3) is 0.409. The lowest BCUT2D eigenvalue weighted by Crippen LogP contribution is -2.21. The number of aryl methyl sites for hydroxylation is 1. The maximum atomic E-state index is 12.0. The zero-order valence-electron chi connectivity index (χ0n) is 15.9. The third-order valence-corrected chi connectivity index (χ3v) is 4.13. The number of anilines is 2. The number of hydrogen-bond acceptors (Lipinski definition) is 3. The first-order valence-electron chi connectivity index (χ1n) is 9.50. The molecule has 0 spiro atoms. The average molecular weight is 354 g/mol. The molecule has 4 nitrogen and oxygen atoms in total. The van der Waals surface area contributed by atoms with Crippen LogP contribution in [0.25, 0.3) is 0 Å². The van der Waals surface area contributed by atoms with Gasteiger partial charge in [-0.25, -0.2) is 0 Å². The van der Waals surface area contributed by atoms with E-state index in [2.05, 4.69) is 17.6 Å². The van der Waals surface area contributed by atoms with Crippen LogP contribution in [0.3, 0.4) is 0 Å². The van der Waals surface area contributed by atoms with Gasteiger partial charge in [0.05, 0.1) is 13.2 Å². The quantitative estimate of drug-likeness (QED) is 0.532. The van der Waals surface area contributed by atoms with Gasteiger partial charge in [0.25, 0.3) is 0 Å². The highest BCUT2D eigenvalue weighted by Crippen LogP contribution is 2.16. The third-order valence-electron chi connectivity index (χ3n) is 4.13. The molecular weight excluding hydrogens is 324 g/mol. The van der Waals surface area contributed by atoms with Crippen LogP contribution in [0.15, 0.2) is 48.5 Å². The number of rotatable bonds is 11. The van der Waals surface area contributed by atoms with Crippen LogP contribution in [0.5, 0.6) is 5.75 Å². The summed E-state index contributed by atoms with van der Waals surface area (Å²) < 4.78 is 5.75. The number of nitrogens with one attached hydrogen (secondary N) is 2. The largest absolute Gasteiger partial charge is 0.494 e. The summed E-state index contributed by atoms with van der Waals surface area (Å²) >= 11 is 0. The van der Waals surface area contributed by atoms with Gasteiger partial charge in [-0.3, -0.25) is 4.79 Å². The van der Waals surface area contributed by atoms with Crippen molar-refractivity contribution in [1.82, 2.24) is 0 Å². The normalized spacial score (nSPS) is 10.4. The summed E-state index contributed by atoms with van der Waals surface area (Å²) in [5, 5.41) is 6.02. The van der Waals surface area contributed by atoms with Crippen molar-refractivity contribution < 1.29 is 9.53 Å². The molecule has 0 bridgehead atoms. The van der Waals surface area contributed by atoms with Crippen LogP contribution < -0.4 is 15.4 Å². The van der Waals surface area contributed by atoms with Gasteiger partial charge in [-0.05, 0) is 55.3 Å². The van der Waals surface area contributed by atoms with Gasteiger partial charge >= 0.3 is 0 Å². The molecule has 2 aromatic carbocycles. The molecule has 0 unspecified atom stereocenters. The summed E-state index contributed by atoms with van der Waals surface area (Å²) in [6.07, 6.45) is 6.17. The maximum Gasteiger partial charge on any atom is 0.243 e. The standard InChI is InChI=1S/C22H30N2O2/c1-3-4-5-6-7-15-26-21-13-11-19(12-14-21)23-17-22(25)24-20-10-8-9-18(2)16-20/h8-14,16,23H,3-7,15,17H2,1-2H3,(H,24,25). The Morgan fingerprint density at radius 1 is 0.962 bits per heavy atom. The number of amides is 1. The molecule has 0 aromatic heterocycles. The molecule has 140 valence electrons. The van der Waals surface area contributed by atoms with Crippen LogP contribution in [0.2, 0.25) is 0 Å². The first kappa shape index (κ1) is 19.8. The zero-order valence-corrected chi connectivity index (χ0v) is 15.9. The number of hydrogen-bond donors (Lipinski definition) is 2. The van der Waals surface area contributed by atoms with Crippen molar-refractivity contribution >= 4 is 17.3 Å². The molecule has 0 fully saturated rings. The second kappa shape index (κ2) is 11.2. The molecule has 4 heteroatoms. The number of unbranched alkanes of at least 4 members (excludes halogenated alkanes) is 4. The molecule has 0 aliphatic carbocycles. The minimum Gasteiger partial charge on any atom is -0.494 e. The SMILES string of the molecule is CCCCCCCOc1ccc(NCC(=O)Nc2cccc(C)c2)cc1. The zero-order chi connectivity index (χ0) is 18.6. The average Bonchev–Trinajstić information content (AvgIpc) is 2.64. The minimum absolute atomic E-state index is 0.0667. The second-order valence-electron chi connectivity index (χ2n) is 6.56. The van der Waals surface area contributed by atoms with Crippen molar-refractivity contribution in [1.29, 1.82) is 0 Å². The lowest BCUT2D eigenvalue weighted by Gasteiger charge is -2.10. The predicted octanol–water partition coefficient (Wildman–Crippen LogP) is 5.39. The van der Waals surface area contributed by atoms with E-state index in [4.69, 9.17) is 4.74 Å². The van der Waals surface area contributed by atoms with Crippen molar-refractivity contribution in [3.05, 3.63) is 54.1 Å². The molecule has 0 aliphatic heterocycles. The molecule has 0 saturated carbocycles. The lowest BCUT2D eigenvalue weighted by atomic mass is 10.2. The second-order valence-corrected chi connectivity index (χ2v) is 6.56. The minimum atomic E-state index is -0.0667. The van der Waals surface area contributed by atoms with Crippen LogP contribution in [0, 0.1) is 6.92 Å². The highest BCUT2D eigenvalue weighted by atomic mass is 16.5. The first-order valence-corrected chi connectivity index (χ1v) is 9.50. The van der Waals surface area contributed by atoms with Crippen molar-refractivity contribution in [3.63, 3.8) is 0 Å². The Hall–Kier alpha value is -2.49. The fourth-order valence-electron chi connectivity index (χ4n) is 2.67. The van der Waals surface area contributed by atoms with Gasteiger partial charge < -0.3 is 15.4 Å². The van der Waals surface area contributed by atoms with Crippen molar-refractivity contribution in [2.45, 2.75) is 46.0 Å². The van der Waals surface area contributed by atoms with Gasteiger partial charge in [0.2, 0.25) is 5.91 Å². The van der Waals surface area contributed by atoms with Crippen LogP contribution in [-0.2, 0) is 4.79 Å². The molecule has 0 atom stereocenters. The van der Waals surface area contributed by atoms with E-state index in [1.807, 2.05) is 55.5 Å². The van der Waals surface area contributed by atoms with Gasteiger partial charge in [0.15, 0.2) is 0 Å². The van der Waals surface area contributed by atoms with Gasteiger partial charge in [-0.15, -0.1) is 0 Å². The lowest BCUT2D eigenvalue weighted by molar-refractivity contribution is -0.114. The first-order chi connectivity index (χ1) is 12.7. The Morgan fingerprint density at radius 2 is 1.73 bits per heavy atom. The summed E-state index contributed by atoms with van der Waals surface area (Å²) in [5.41, 5.74) is 2.84. The molecule has 0 heterocycles. The van der Waals surface area contributed by atoms with E-state index in [9.17, 15) is 4.79 Å². The highest BCUT2D eigenvalue weighted by molar-refractivity contribution is 5.93. The molecule has 2 rings (SSSR count). The summed E-state index contributed by atoms with van der Waals surface area (Å²) in [6.45, 7) is 5.21. The van der Waals surface area contributed by atoms with Crippen LogP contribution in [0.4, 0.5) is 11.4 Å². The fourth-order valence-corrected chi connectivity index (χ4v) is 2.67. The Labute approximate surface area is 157 Å². The molecule has 0 aliphatic rings. The summed E-state index contributed by atoms with van der Waals surface area (Å²) in [4.78, 5) is 12.0. The van der Waals surface area contributed by atoms with Gasteiger partial charge in [-0.2, -0.15) is 0 Å². The Bertz CT molecular complexity index is 668. The molecule has 1 amide bonds. The molecule has 0 saturated heterocycles. The summed E-state index contributed by atoms with van der Waals surface area (Å²) in [7, 11) is 0. The van der Waals surface area contributed by atoms with E-state index in [1.54, 1.807) is 0 Å². The van der Waals surface area contributed by atoms with E-state index in [0.717, 1.165) is 35.7 Å². The van der Waals surface area contributed by atoms with Gasteiger partial charge in [-0.1, -0.05) is 44.7 Å². The Kier molecular flexibility index (Phi) is 8.53. The Morgan fingerprint density at radius 3 is 2.46 bits per heavy atom. The van der Waals surface area contributed by atoms with Crippen molar-refractivity contribution in [2.24, 2.45) is 0 Å². The van der Waals surface area contributed by atoms with Crippen molar-refractivity contribution in [2.75, 3.05) is 23.8 Å². The van der Waals surface area contributed by atoms with Crippen LogP contribution in [0.1, 0.15) is 44.6 Å². The van der Waals surface area contributed by atoms with E-state index in [1.165, 1.54) is 25.7 Å². The molecule has 2 N–H and O–H groups in total. The molecule has 0 radical (unpaired) electrons. The molecular formula is C22H30N2O2. The number of benzene rings is 2. The maximum absolute atomic E-state index is 12.0. The number of ether oxygens (including phenoxy) is 1.